The average Bonchev–Trinajstić information content (AvgIpc) is 2.56. The van der Waals surface area contributed by atoms with Gasteiger partial charge in [-0.3, -0.25) is 0 Å². The zero-order valence-corrected chi connectivity index (χ0v) is 12.8. The van der Waals surface area contributed by atoms with E-state index in [1.54, 1.807) is 19.1 Å². The van der Waals surface area contributed by atoms with Crippen LogP contribution in [0.4, 0.5) is 16.2 Å². The Hall–Kier alpha value is -3.35. The van der Waals surface area contributed by atoms with Crippen molar-refractivity contribution in [1.29, 1.82) is 0 Å². The molecule has 0 radical (unpaired) electrons. The largest absolute Gasteiger partial charge is 0.478 e. The second-order valence-corrected chi connectivity index (χ2v) is 4.71. The van der Waals surface area contributed by atoms with Crippen molar-refractivity contribution in [1.82, 2.24) is 0 Å². The summed E-state index contributed by atoms with van der Waals surface area (Å²) >= 11 is 0. The topological polar surface area (TPSA) is 104 Å². The van der Waals surface area contributed by atoms with E-state index in [0.29, 0.717) is 5.69 Å². The maximum atomic E-state index is 12.3. The minimum atomic E-state index is -1.19. The van der Waals surface area contributed by atoms with Crippen LogP contribution in [0, 0.1) is 0 Å². The van der Waals surface area contributed by atoms with Gasteiger partial charge < -0.3 is 14.9 Å². The van der Waals surface area contributed by atoms with E-state index >= 15 is 0 Å². The third-order valence-electron chi connectivity index (χ3n) is 3.20. The van der Waals surface area contributed by atoms with Gasteiger partial charge in [-0.15, -0.1) is 0 Å². The Morgan fingerprint density at radius 2 is 1.58 bits per heavy atom. The Morgan fingerprint density at radius 3 is 2.12 bits per heavy atom. The molecule has 0 bridgehead atoms. The maximum Gasteiger partial charge on any atom is 0.418 e. The van der Waals surface area contributed by atoms with Gasteiger partial charge in [0.05, 0.1) is 29.1 Å². The normalized spacial score (nSPS) is 10.0. The van der Waals surface area contributed by atoms with E-state index in [1.807, 2.05) is 0 Å². The van der Waals surface area contributed by atoms with Crippen LogP contribution in [0.2, 0.25) is 0 Å². The molecule has 0 atom stereocenters. The molecule has 7 heteroatoms. The van der Waals surface area contributed by atoms with Crippen molar-refractivity contribution in [2.45, 2.75) is 6.92 Å². The summed E-state index contributed by atoms with van der Waals surface area (Å²) in [5.41, 5.74) is 0.403. The molecule has 0 saturated heterocycles. The van der Waals surface area contributed by atoms with E-state index in [-0.39, 0.29) is 23.4 Å². The van der Waals surface area contributed by atoms with Crippen LogP contribution in [0.5, 0.6) is 0 Å². The fraction of sp³-hybridized carbons (Fsp3) is 0.118. The first-order valence-electron chi connectivity index (χ1n) is 7.08. The Morgan fingerprint density at radius 1 is 0.958 bits per heavy atom. The molecule has 0 fully saturated rings. The van der Waals surface area contributed by atoms with E-state index in [0.717, 1.165) is 4.90 Å². The second-order valence-electron chi connectivity index (χ2n) is 4.71. The lowest BCUT2D eigenvalue weighted by molar-refractivity contribution is 0.0686. The minimum Gasteiger partial charge on any atom is -0.478 e. The van der Waals surface area contributed by atoms with Gasteiger partial charge in [-0.25, -0.2) is 19.3 Å². The van der Waals surface area contributed by atoms with Crippen molar-refractivity contribution >= 4 is 29.4 Å². The van der Waals surface area contributed by atoms with Crippen molar-refractivity contribution in [3.05, 3.63) is 59.7 Å². The van der Waals surface area contributed by atoms with Gasteiger partial charge >= 0.3 is 18.0 Å². The molecule has 0 aromatic heterocycles. The maximum absolute atomic E-state index is 12.3. The van der Waals surface area contributed by atoms with Gasteiger partial charge in [0.1, 0.15) is 0 Å². The van der Waals surface area contributed by atoms with E-state index in [9.17, 15) is 19.5 Å². The number of rotatable bonds is 5. The van der Waals surface area contributed by atoms with Crippen molar-refractivity contribution in [3.63, 3.8) is 0 Å². The zero-order chi connectivity index (χ0) is 17.7. The zero-order valence-electron chi connectivity index (χ0n) is 12.8. The Kier molecular flexibility index (Phi) is 5.16. The average molecular weight is 329 g/mol. The number of hydrogen-bond acceptors (Lipinski definition) is 4. The first kappa shape index (κ1) is 17.0. The van der Waals surface area contributed by atoms with Gasteiger partial charge in [-0.2, -0.15) is 0 Å². The number of nitrogens with zero attached hydrogens (tertiary/aromatic N) is 1. The number of amides is 1. The molecule has 1 amide bonds. The third-order valence-corrected chi connectivity index (χ3v) is 3.20. The first-order valence-corrected chi connectivity index (χ1v) is 7.08. The number of anilines is 2. The molecule has 0 aliphatic carbocycles. The Balaban J connectivity index is 2.56. The molecule has 7 nitrogen and oxygen atoms in total. The van der Waals surface area contributed by atoms with Crippen LogP contribution in [0.1, 0.15) is 27.6 Å². The highest BCUT2D eigenvalue weighted by Crippen LogP contribution is 2.30. The number of carboxylic acids is 2. The van der Waals surface area contributed by atoms with Crippen LogP contribution in [-0.4, -0.2) is 34.9 Å². The van der Waals surface area contributed by atoms with Crippen LogP contribution in [-0.2, 0) is 4.74 Å². The van der Waals surface area contributed by atoms with Gasteiger partial charge in [0.25, 0.3) is 0 Å². The Bertz CT molecular complexity index is 769. The van der Waals surface area contributed by atoms with E-state index in [4.69, 9.17) is 9.84 Å². The monoisotopic (exact) mass is 329 g/mol. The molecular formula is C17H15NO6. The predicted octanol–water partition coefficient (Wildman–Crippen LogP) is 3.38. The van der Waals surface area contributed by atoms with Crippen LogP contribution in [0.3, 0.4) is 0 Å². The van der Waals surface area contributed by atoms with Crippen molar-refractivity contribution < 1.29 is 29.3 Å². The summed E-state index contributed by atoms with van der Waals surface area (Å²) in [6, 6.07) is 11.5. The lowest BCUT2D eigenvalue weighted by Crippen LogP contribution is -2.28. The number of carboxylic acid groups (broad SMARTS) is 2. The summed E-state index contributed by atoms with van der Waals surface area (Å²) in [6.07, 6.45) is -0.755. The van der Waals surface area contributed by atoms with Crippen LogP contribution < -0.4 is 4.90 Å². The smallest absolute Gasteiger partial charge is 0.418 e. The number of hydrogen-bond donors (Lipinski definition) is 2. The summed E-state index contributed by atoms with van der Waals surface area (Å²) in [5.74, 6) is -2.29. The molecular weight excluding hydrogens is 314 g/mol. The fourth-order valence-electron chi connectivity index (χ4n) is 2.13. The van der Waals surface area contributed by atoms with Crippen LogP contribution in [0.25, 0.3) is 0 Å². The molecule has 0 spiro atoms. The predicted molar refractivity (Wildman–Crippen MR) is 86.0 cm³/mol. The summed E-state index contributed by atoms with van der Waals surface area (Å²) in [6.45, 7) is 1.74. The number of benzene rings is 2. The molecule has 0 aliphatic heterocycles. The number of carbonyl (C=O) groups is 3. The Labute approximate surface area is 137 Å². The number of ether oxygens (including phenoxy) is 1. The minimum absolute atomic E-state index is 0.0501. The molecule has 2 aromatic carbocycles. The van der Waals surface area contributed by atoms with E-state index in [1.165, 1.54) is 36.4 Å². The molecule has 2 N–H and O–H groups in total. The molecule has 24 heavy (non-hydrogen) atoms. The summed E-state index contributed by atoms with van der Waals surface area (Å²) in [5, 5.41) is 18.3. The van der Waals surface area contributed by atoms with Crippen molar-refractivity contribution in [3.8, 4) is 0 Å². The quantitative estimate of drug-likeness (QED) is 0.871. The highest BCUT2D eigenvalue weighted by atomic mass is 16.6. The molecule has 124 valence electrons. The van der Waals surface area contributed by atoms with Gasteiger partial charge in [-0.1, -0.05) is 12.1 Å². The second kappa shape index (κ2) is 7.28. The SMILES string of the molecule is CCOC(=O)N(c1ccc(C(=O)O)cc1)c1ccccc1C(=O)O. The lowest BCUT2D eigenvalue weighted by atomic mass is 10.1. The summed E-state index contributed by atoms with van der Waals surface area (Å²) in [7, 11) is 0. The number of carbonyl (C=O) groups excluding carboxylic acids is 1. The van der Waals surface area contributed by atoms with Gasteiger partial charge in [-0.05, 0) is 43.3 Å². The molecule has 2 aromatic rings. The highest BCUT2D eigenvalue weighted by Gasteiger charge is 2.24. The van der Waals surface area contributed by atoms with Crippen LogP contribution in [0.15, 0.2) is 48.5 Å². The van der Waals surface area contributed by atoms with Gasteiger partial charge in [0.2, 0.25) is 0 Å². The van der Waals surface area contributed by atoms with Gasteiger partial charge in [0, 0.05) is 0 Å². The standard InChI is InChI=1S/C17H15NO6/c1-2-24-17(23)18(12-9-7-11(8-10-12)15(19)20)14-6-4-3-5-13(14)16(21)22/h3-10H,2H2,1H3,(H,19,20)(H,21,22). The molecule has 2 rings (SSSR count). The van der Waals surface area contributed by atoms with Gasteiger partial charge in [0.15, 0.2) is 0 Å². The number of aromatic carboxylic acids is 2. The molecule has 0 heterocycles. The molecule has 0 saturated carbocycles. The van der Waals surface area contributed by atoms with Crippen molar-refractivity contribution in [2.24, 2.45) is 0 Å². The molecule has 0 aliphatic rings. The third kappa shape index (κ3) is 3.52. The van der Waals surface area contributed by atoms with Crippen molar-refractivity contribution in [2.75, 3.05) is 11.5 Å². The molecule has 0 unspecified atom stereocenters. The summed E-state index contributed by atoms with van der Waals surface area (Å²) < 4.78 is 5.00. The van der Waals surface area contributed by atoms with Crippen LogP contribution >= 0.6 is 0 Å². The van der Waals surface area contributed by atoms with E-state index in [2.05, 4.69) is 0 Å². The number of para-hydroxylation sites is 1. The lowest BCUT2D eigenvalue weighted by Gasteiger charge is -2.23. The first-order chi connectivity index (χ1) is 11.5. The highest BCUT2D eigenvalue weighted by molar-refractivity contribution is 6.04. The summed E-state index contributed by atoms with van der Waals surface area (Å²) in [4.78, 5) is 35.8. The fourth-order valence-corrected chi connectivity index (χ4v) is 2.13. The van der Waals surface area contributed by atoms with E-state index < -0.39 is 18.0 Å².